The summed E-state index contributed by atoms with van der Waals surface area (Å²) in [7, 11) is 0. The largest absolute Gasteiger partial charge is 0.481 e. The molecule has 2 N–H and O–H groups in total. The number of allylic oxidation sites excluding steroid dienone is 2. The summed E-state index contributed by atoms with van der Waals surface area (Å²) in [6.07, 6.45) is 5.65. The number of hydrogen-bond donors (Lipinski definition) is 2. The average molecular weight is 328 g/mol. The summed E-state index contributed by atoms with van der Waals surface area (Å²) < 4.78 is 0. The van der Waals surface area contributed by atoms with Gasteiger partial charge in [-0.3, -0.25) is 9.59 Å². The van der Waals surface area contributed by atoms with Crippen LogP contribution in [0, 0.1) is 23.7 Å². The predicted octanol–water partition coefficient (Wildman–Crippen LogP) is 2.24. The Kier molecular flexibility index (Phi) is 3.59. The third kappa shape index (κ3) is 2.38. The van der Waals surface area contributed by atoms with Crippen LogP contribution < -0.4 is 5.32 Å². The summed E-state index contributed by atoms with van der Waals surface area (Å²) in [5.74, 6) is -2.76. The van der Waals surface area contributed by atoms with Gasteiger partial charge in [0.15, 0.2) is 11.0 Å². The molecule has 6 nitrogen and oxygen atoms in total. The van der Waals surface area contributed by atoms with Gasteiger partial charge in [-0.05, 0) is 18.3 Å². The smallest absolute Gasteiger partial charge is 0.307 e. The third-order valence-corrected chi connectivity index (χ3v) is 4.78. The zero-order valence-electron chi connectivity index (χ0n) is 10.7. The van der Waals surface area contributed by atoms with Crippen LogP contribution in [0.2, 0.25) is 10.2 Å². The number of aromatic nitrogens is 2. The zero-order chi connectivity index (χ0) is 15.1. The summed E-state index contributed by atoms with van der Waals surface area (Å²) in [4.78, 5) is 31.4. The van der Waals surface area contributed by atoms with Crippen molar-refractivity contribution in [3.05, 3.63) is 28.7 Å². The number of fused-ring (bicyclic) bond motifs is 2. The van der Waals surface area contributed by atoms with Crippen LogP contribution in [0.1, 0.15) is 6.42 Å². The number of nitrogens with zero attached hydrogens (tertiary/aromatic N) is 2. The Morgan fingerprint density at radius 2 is 1.86 bits per heavy atom. The molecule has 4 atom stereocenters. The fourth-order valence-electron chi connectivity index (χ4n) is 3.15. The second kappa shape index (κ2) is 5.27. The van der Waals surface area contributed by atoms with E-state index in [1.54, 1.807) is 0 Å². The van der Waals surface area contributed by atoms with Crippen molar-refractivity contribution in [2.45, 2.75) is 6.42 Å². The lowest BCUT2D eigenvalue weighted by Crippen LogP contribution is -2.36. The van der Waals surface area contributed by atoms with Gasteiger partial charge < -0.3 is 10.4 Å². The molecule has 2 bridgehead atoms. The number of aliphatic carboxylic acids is 1. The van der Waals surface area contributed by atoms with Crippen LogP contribution in [0.25, 0.3) is 0 Å². The van der Waals surface area contributed by atoms with Crippen LogP contribution in [0.3, 0.4) is 0 Å². The molecule has 1 aromatic heterocycles. The number of nitrogens with one attached hydrogen (secondary N) is 1. The highest BCUT2D eigenvalue weighted by atomic mass is 35.5. The molecule has 0 aromatic carbocycles. The second-order valence-corrected chi connectivity index (χ2v) is 5.89. The van der Waals surface area contributed by atoms with E-state index in [4.69, 9.17) is 23.2 Å². The number of carboxylic acid groups (broad SMARTS) is 1. The molecule has 0 radical (unpaired) electrons. The van der Waals surface area contributed by atoms with Crippen LogP contribution in [0.5, 0.6) is 0 Å². The molecule has 0 aliphatic heterocycles. The van der Waals surface area contributed by atoms with Gasteiger partial charge in [-0.25, -0.2) is 9.97 Å². The first-order valence-corrected chi connectivity index (χ1v) is 7.12. The zero-order valence-corrected chi connectivity index (χ0v) is 12.2. The molecule has 1 saturated carbocycles. The Morgan fingerprint density at radius 1 is 1.19 bits per heavy atom. The second-order valence-electron chi connectivity index (χ2n) is 5.15. The standard InChI is InChI=1S/C13H11Cl2N3O3/c14-9-10(15)16-4-17-11(9)18-12(19)7-5-1-2-6(3-5)8(7)13(20)21/h1-2,4-8H,3H2,(H,20,21)(H,16,17,18,19). The number of carbonyl (C=O) groups is 2. The lowest BCUT2D eigenvalue weighted by atomic mass is 9.82. The highest BCUT2D eigenvalue weighted by Crippen LogP contribution is 2.48. The van der Waals surface area contributed by atoms with E-state index in [0.717, 1.165) is 0 Å². The van der Waals surface area contributed by atoms with Crippen molar-refractivity contribution >= 4 is 40.9 Å². The minimum absolute atomic E-state index is 0.0320. The minimum atomic E-state index is -0.959. The lowest BCUT2D eigenvalue weighted by molar-refractivity contribution is -0.146. The Labute approximate surface area is 130 Å². The molecule has 0 spiro atoms. The highest BCUT2D eigenvalue weighted by Gasteiger charge is 2.51. The summed E-state index contributed by atoms with van der Waals surface area (Å²) in [5, 5.41) is 12.0. The van der Waals surface area contributed by atoms with E-state index in [1.807, 2.05) is 12.2 Å². The first kappa shape index (κ1) is 14.3. The molecule has 3 rings (SSSR count). The number of amides is 1. The number of halogens is 2. The van der Waals surface area contributed by atoms with Crippen molar-refractivity contribution in [2.75, 3.05) is 5.32 Å². The maximum Gasteiger partial charge on any atom is 0.307 e. The Hall–Kier alpha value is -1.66. The first-order chi connectivity index (χ1) is 9.99. The van der Waals surface area contributed by atoms with Gasteiger partial charge in [0.2, 0.25) is 5.91 Å². The number of hydrogen-bond acceptors (Lipinski definition) is 4. The molecule has 1 aromatic rings. The van der Waals surface area contributed by atoms with Crippen LogP contribution in [-0.4, -0.2) is 27.0 Å². The fourth-order valence-corrected chi connectivity index (χ4v) is 3.43. The van der Waals surface area contributed by atoms with Crippen molar-refractivity contribution in [2.24, 2.45) is 23.7 Å². The summed E-state index contributed by atoms with van der Waals surface area (Å²) in [5.41, 5.74) is 0. The molecular weight excluding hydrogens is 317 g/mol. The molecule has 1 fully saturated rings. The highest BCUT2D eigenvalue weighted by molar-refractivity contribution is 6.42. The molecule has 1 heterocycles. The molecule has 21 heavy (non-hydrogen) atoms. The van der Waals surface area contributed by atoms with Gasteiger partial charge in [0, 0.05) is 0 Å². The quantitative estimate of drug-likeness (QED) is 0.656. The van der Waals surface area contributed by atoms with Crippen molar-refractivity contribution < 1.29 is 14.7 Å². The van der Waals surface area contributed by atoms with Gasteiger partial charge in [0.25, 0.3) is 0 Å². The van der Waals surface area contributed by atoms with Crippen molar-refractivity contribution in [3.63, 3.8) is 0 Å². The van der Waals surface area contributed by atoms with Gasteiger partial charge in [-0.15, -0.1) is 0 Å². The van der Waals surface area contributed by atoms with Gasteiger partial charge in [-0.2, -0.15) is 0 Å². The third-order valence-electron chi connectivity index (χ3n) is 4.04. The van der Waals surface area contributed by atoms with Crippen molar-refractivity contribution in [1.82, 2.24) is 9.97 Å². The minimum Gasteiger partial charge on any atom is -0.481 e. The topological polar surface area (TPSA) is 92.2 Å². The molecular formula is C13H11Cl2N3O3. The SMILES string of the molecule is O=C(O)C1C2C=CC(C2)C1C(=O)Nc1ncnc(Cl)c1Cl. The molecule has 0 saturated heterocycles. The van der Waals surface area contributed by atoms with E-state index in [0.29, 0.717) is 6.42 Å². The first-order valence-electron chi connectivity index (χ1n) is 6.37. The Bertz CT molecular complexity index is 650. The van der Waals surface area contributed by atoms with E-state index in [1.165, 1.54) is 6.33 Å². The van der Waals surface area contributed by atoms with E-state index in [9.17, 15) is 14.7 Å². The van der Waals surface area contributed by atoms with E-state index < -0.39 is 23.7 Å². The summed E-state index contributed by atoms with van der Waals surface area (Å²) in [6, 6.07) is 0. The van der Waals surface area contributed by atoms with Gasteiger partial charge in [0.05, 0.1) is 11.8 Å². The number of carbonyl (C=O) groups excluding carboxylic acids is 1. The molecule has 110 valence electrons. The van der Waals surface area contributed by atoms with Crippen LogP contribution >= 0.6 is 23.2 Å². The molecule has 1 amide bonds. The van der Waals surface area contributed by atoms with Gasteiger partial charge in [0.1, 0.15) is 11.3 Å². The summed E-state index contributed by atoms with van der Waals surface area (Å²) in [6.45, 7) is 0. The van der Waals surface area contributed by atoms with E-state index in [2.05, 4.69) is 15.3 Å². The number of anilines is 1. The normalized spacial score (nSPS) is 29.6. The molecule has 8 heteroatoms. The lowest BCUT2D eigenvalue weighted by Gasteiger charge is -2.23. The van der Waals surface area contributed by atoms with Crippen LogP contribution in [-0.2, 0) is 9.59 Å². The maximum absolute atomic E-state index is 12.4. The fraction of sp³-hybridized carbons (Fsp3) is 0.385. The maximum atomic E-state index is 12.4. The monoisotopic (exact) mass is 327 g/mol. The summed E-state index contributed by atoms with van der Waals surface area (Å²) >= 11 is 11.7. The van der Waals surface area contributed by atoms with Gasteiger partial charge in [-0.1, -0.05) is 35.4 Å². The average Bonchev–Trinajstić information content (AvgIpc) is 3.04. The molecule has 2 aliphatic rings. The van der Waals surface area contributed by atoms with Crippen LogP contribution in [0.4, 0.5) is 5.82 Å². The molecule has 2 aliphatic carbocycles. The van der Waals surface area contributed by atoms with Gasteiger partial charge >= 0.3 is 5.97 Å². The number of rotatable bonds is 3. The van der Waals surface area contributed by atoms with E-state index in [-0.39, 0.29) is 27.8 Å². The Balaban J connectivity index is 1.84. The van der Waals surface area contributed by atoms with Crippen molar-refractivity contribution in [3.8, 4) is 0 Å². The van der Waals surface area contributed by atoms with Crippen LogP contribution in [0.15, 0.2) is 18.5 Å². The van der Waals surface area contributed by atoms with Crippen molar-refractivity contribution in [1.29, 1.82) is 0 Å². The van der Waals surface area contributed by atoms with E-state index >= 15 is 0 Å². The number of carboxylic acids is 1. The Morgan fingerprint density at radius 3 is 2.52 bits per heavy atom. The predicted molar refractivity (Wildman–Crippen MR) is 76.0 cm³/mol. The molecule has 4 unspecified atom stereocenters.